The van der Waals surface area contributed by atoms with E-state index in [2.05, 4.69) is 44.5 Å². The lowest BCUT2D eigenvalue weighted by Gasteiger charge is -2.09. The summed E-state index contributed by atoms with van der Waals surface area (Å²) in [5, 5.41) is 14.6. The first-order valence-electron chi connectivity index (χ1n) is 9.35. The number of aromatic nitrogens is 6. The Kier molecular flexibility index (Phi) is 4.90. The smallest absolute Gasteiger partial charge is 0.222 e. The van der Waals surface area contributed by atoms with Crippen LogP contribution in [0.5, 0.6) is 0 Å². The number of amides is 1. The third-order valence-electron chi connectivity index (χ3n) is 4.65. The lowest BCUT2D eigenvalue weighted by molar-refractivity contribution is -0.114. The van der Waals surface area contributed by atoms with Crippen LogP contribution >= 0.6 is 0 Å². The number of hydrogen-bond acceptors (Lipinski definition) is 5. The van der Waals surface area contributed by atoms with Gasteiger partial charge >= 0.3 is 0 Å². The summed E-state index contributed by atoms with van der Waals surface area (Å²) in [6.45, 7) is 5.53. The molecule has 0 saturated carbocycles. The fourth-order valence-electron chi connectivity index (χ4n) is 3.27. The minimum absolute atomic E-state index is 0.174. The predicted octanol–water partition coefficient (Wildman–Crippen LogP) is 3.55. The second kappa shape index (κ2) is 7.67. The van der Waals surface area contributed by atoms with Crippen molar-refractivity contribution in [1.82, 2.24) is 29.9 Å². The molecule has 8 nitrogen and oxygen atoms in total. The highest BCUT2D eigenvalue weighted by atomic mass is 16.1. The van der Waals surface area contributed by atoms with Gasteiger partial charge in [0.2, 0.25) is 5.91 Å². The van der Waals surface area contributed by atoms with Gasteiger partial charge in [-0.15, -0.1) is 0 Å². The third-order valence-corrected chi connectivity index (χ3v) is 4.65. The van der Waals surface area contributed by atoms with E-state index >= 15 is 0 Å². The molecule has 0 saturated heterocycles. The van der Waals surface area contributed by atoms with Crippen LogP contribution in [-0.2, 0) is 11.2 Å². The molecule has 29 heavy (non-hydrogen) atoms. The summed E-state index contributed by atoms with van der Waals surface area (Å²) in [4.78, 5) is 20.0. The number of nitrogens with zero attached hydrogens (tertiary/aromatic N) is 5. The van der Waals surface area contributed by atoms with Crippen molar-refractivity contribution >= 4 is 11.7 Å². The number of aryl methyl sites for hydroxylation is 2. The third kappa shape index (κ3) is 3.64. The summed E-state index contributed by atoms with van der Waals surface area (Å²) in [7, 11) is 0. The zero-order valence-electron chi connectivity index (χ0n) is 16.5. The first kappa shape index (κ1) is 18.5. The summed E-state index contributed by atoms with van der Waals surface area (Å²) in [5.74, 6) is 0.876. The van der Waals surface area contributed by atoms with Gasteiger partial charge in [0, 0.05) is 30.9 Å². The zero-order chi connectivity index (χ0) is 20.4. The van der Waals surface area contributed by atoms with E-state index in [4.69, 9.17) is 5.10 Å². The summed E-state index contributed by atoms with van der Waals surface area (Å²) in [6.07, 6.45) is 6.06. The van der Waals surface area contributed by atoms with Crippen molar-refractivity contribution in [3.63, 3.8) is 0 Å². The number of pyridine rings is 1. The molecule has 0 unspecified atom stereocenters. The van der Waals surface area contributed by atoms with Gasteiger partial charge in [-0.2, -0.15) is 10.2 Å². The highest BCUT2D eigenvalue weighted by Crippen LogP contribution is 2.33. The first-order valence-corrected chi connectivity index (χ1v) is 9.35. The number of carbonyl (C=O) groups excluding carboxylic acids is 1. The molecule has 1 aromatic carbocycles. The van der Waals surface area contributed by atoms with Crippen LogP contribution in [0.2, 0.25) is 0 Å². The molecular weight excluding hydrogens is 366 g/mol. The van der Waals surface area contributed by atoms with Crippen LogP contribution in [-0.4, -0.2) is 35.9 Å². The molecule has 4 aromatic rings. The van der Waals surface area contributed by atoms with Crippen molar-refractivity contribution in [2.45, 2.75) is 27.2 Å². The molecule has 3 aromatic heterocycles. The molecule has 1 amide bonds. The maximum absolute atomic E-state index is 11.4. The van der Waals surface area contributed by atoms with E-state index in [1.165, 1.54) is 12.5 Å². The van der Waals surface area contributed by atoms with Gasteiger partial charge in [-0.25, -0.2) is 14.6 Å². The SMILES string of the molecule is CCc1ccccc1-c1nn(-c2cc(NC(C)=O)ncc2C)cc1-c1nc[nH]n1. The van der Waals surface area contributed by atoms with Crippen LogP contribution in [0.4, 0.5) is 5.82 Å². The Morgan fingerprint density at radius 2 is 2.03 bits per heavy atom. The van der Waals surface area contributed by atoms with Gasteiger partial charge in [0.05, 0.1) is 11.3 Å². The lowest BCUT2D eigenvalue weighted by Crippen LogP contribution is -2.09. The quantitative estimate of drug-likeness (QED) is 0.545. The standard InChI is InChI=1S/C21H21N7O/c1-4-15-7-5-6-8-16(15)20-17(21-23-12-24-26-21)11-28(27-20)18-9-19(25-14(3)29)22-10-13(18)2/h5-12H,4H2,1-3H3,(H,22,25,29)(H,23,24,26). The molecule has 4 rings (SSSR count). The van der Waals surface area contributed by atoms with Crippen LogP contribution in [0.15, 0.2) is 49.1 Å². The van der Waals surface area contributed by atoms with Crippen molar-refractivity contribution in [1.29, 1.82) is 0 Å². The van der Waals surface area contributed by atoms with Crippen LogP contribution in [0.1, 0.15) is 25.0 Å². The fraction of sp³-hybridized carbons (Fsp3) is 0.190. The monoisotopic (exact) mass is 387 g/mol. The minimum Gasteiger partial charge on any atom is -0.311 e. The topological polar surface area (TPSA) is 101 Å². The summed E-state index contributed by atoms with van der Waals surface area (Å²) < 4.78 is 1.79. The maximum atomic E-state index is 11.4. The molecule has 0 aliphatic rings. The highest BCUT2D eigenvalue weighted by molar-refractivity contribution is 5.88. The second-order valence-corrected chi connectivity index (χ2v) is 6.71. The normalized spacial score (nSPS) is 10.9. The average molecular weight is 387 g/mol. The van der Waals surface area contributed by atoms with Gasteiger partial charge in [-0.1, -0.05) is 31.2 Å². The van der Waals surface area contributed by atoms with Gasteiger partial charge < -0.3 is 5.32 Å². The van der Waals surface area contributed by atoms with Crippen molar-refractivity contribution in [2.75, 3.05) is 5.32 Å². The molecule has 0 fully saturated rings. The molecule has 0 spiro atoms. The Hall–Kier alpha value is -3.81. The average Bonchev–Trinajstić information content (AvgIpc) is 3.38. The van der Waals surface area contributed by atoms with Gasteiger partial charge in [0.25, 0.3) is 0 Å². The number of carbonyl (C=O) groups is 1. The van der Waals surface area contributed by atoms with E-state index in [1.807, 2.05) is 25.3 Å². The molecule has 8 heteroatoms. The molecule has 0 bridgehead atoms. The molecule has 146 valence electrons. The summed E-state index contributed by atoms with van der Waals surface area (Å²) >= 11 is 0. The number of rotatable bonds is 5. The van der Waals surface area contributed by atoms with Gasteiger partial charge in [-0.3, -0.25) is 9.89 Å². The van der Waals surface area contributed by atoms with Crippen molar-refractivity contribution in [3.05, 3.63) is 60.2 Å². The molecule has 0 aliphatic heterocycles. The van der Waals surface area contributed by atoms with Gasteiger partial charge in [0.1, 0.15) is 17.8 Å². The highest BCUT2D eigenvalue weighted by Gasteiger charge is 2.19. The minimum atomic E-state index is -0.174. The first-order chi connectivity index (χ1) is 14.1. The van der Waals surface area contributed by atoms with E-state index in [-0.39, 0.29) is 5.91 Å². The van der Waals surface area contributed by atoms with Crippen molar-refractivity contribution in [3.8, 4) is 28.3 Å². The van der Waals surface area contributed by atoms with E-state index in [1.54, 1.807) is 23.3 Å². The Morgan fingerprint density at radius 1 is 1.21 bits per heavy atom. The van der Waals surface area contributed by atoms with Crippen molar-refractivity contribution in [2.24, 2.45) is 0 Å². The number of aromatic amines is 1. The molecular formula is C21H21N7O. The predicted molar refractivity (Wildman–Crippen MR) is 111 cm³/mol. The Bertz CT molecular complexity index is 1160. The Morgan fingerprint density at radius 3 is 2.76 bits per heavy atom. The van der Waals surface area contributed by atoms with Crippen LogP contribution in [0.25, 0.3) is 28.3 Å². The summed E-state index contributed by atoms with van der Waals surface area (Å²) in [6, 6.07) is 9.99. The Balaban J connectivity index is 1.90. The number of H-pyrrole nitrogens is 1. The maximum Gasteiger partial charge on any atom is 0.222 e. The Labute approximate surface area is 168 Å². The molecule has 0 radical (unpaired) electrons. The molecule has 2 N–H and O–H groups in total. The lowest BCUT2D eigenvalue weighted by atomic mass is 10.00. The van der Waals surface area contributed by atoms with Gasteiger partial charge in [0.15, 0.2) is 5.82 Å². The van der Waals surface area contributed by atoms with Crippen LogP contribution < -0.4 is 5.32 Å². The van der Waals surface area contributed by atoms with Crippen LogP contribution in [0, 0.1) is 6.92 Å². The van der Waals surface area contributed by atoms with Crippen LogP contribution in [0.3, 0.4) is 0 Å². The van der Waals surface area contributed by atoms with E-state index in [9.17, 15) is 4.79 Å². The van der Waals surface area contributed by atoms with Crippen molar-refractivity contribution < 1.29 is 4.79 Å². The number of hydrogen-bond donors (Lipinski definition) is 2. The zero-order valence-corrected chi connectivity index (χ0v) is 16.5. The molecule has 0 aliphatic carbocycles. The molecule has 0 atom stereocenters. The van der Waals surface area contributed by atoms with Gasteiger partial charge in [-0.05, 0) is 24.5 Å². The second-order valence-electron chi connectivity index (χ2n) is 6.71. The molecule has 3 heterocycles. The largest absolute Gasteiger partial charge is 0.311 e. The number of nitrogens with one attached hydrogen (secondary N) is 2. The van der Waals surface area contributed by atoms with E-state index in [0.29, 0.717) is 11.6 Å². The summed E-state index contributed by atoms with van der Waals surface area (Å²) in [5.41, 5.74) is 5.62. The fourth-order valence-corrected chi connectivity index (χ4v) is 3.27. The van der Waals surface area contributed by atoms with E-state index < -0.39 is 0 Å². The number of anilines is 1. The number of benzene rings is 1. The van der Waals surface area contributed by atoms with E-state index in [0.717, 1.165) is 34.5 Å².